The lowest BCUT2D eigenvalue weighted by atomic mass is 10.2. The Labute approximate surface area is 222 Å². The van der Waals surface area contributed by atoms with Gasteiger partial charge in [0.2, 0.25) is 0 Å². The van der Waals surface area contributed by atoms with E-state index in [9.17, 15) is 9.59 Å². The maximum atomic E-state index is 12.8. The Kier molecular flexibility index (Phi) is 10.1. The predicted octanol–water partition coefficient (Wildman–Crippen LogP) is 2.01. The molecule has 38 heavy (non-hydrogen) atoms. The molecule has 2 aromatic rings. The fourth-order valence-electron chi connectivity index (χ4n) is 4.20. The molecule has 2 N–H and O–H groups in total. The Balaban J connectivity index is 1.49. The van der Waals surface area contributed by atoms with Crippen molar-refractivity contribution in [2.75, 3.05) is 89.1 Å². The molecule has 0 bridgehead atoms. The lowest BCUT2D eigenvalue weighted by Gasteiger charge is -2.29. The number of carbonyl (C=O) groups excluding carboxylic acids is 2. The van der Waals surface area contributed by atoms with Gasteiger partial charge in [-0.1, -0.05) is 0 Å². The summed E-state index contributed by atoms with van der Waals surface area (Å²) in [4.78, 5) is 38.7. The van der Waals surface area contributed by atoms with Gasteiger partial charge < -0.3 is 34.5 Å². The number of carbonyl (C=O) groups is 2. The summed E-state index contributed by atoms with van der Waals surface area (Å²) < 4.78 is 21.9. The molecule has 4 rings (SSSR count). The number of hydrogen-bond donors (Lipinski definition) is 2. The summed E-state index contributed by atoms with van der Waals surface area (Å²) in [5.74, 6) is 0.634. The normalized spacial score (nSPS) is 16.1. The van der Waals surface area contributed by atoms with Crippen molar-refractivity contribution in [1.82, 2.24) is 20.2 Å². The maximum absolute atomic E-state index is 12.8. The Bertz CT molecular complexity index is 1070. The molecule has 2 aliphatic rings. The molecule has 2 amide bonds. The van der Waals surface area contributed by atoms with Gasteiger partial charge in [0.1, 0.15) is 0 Å². The number of amides is 2. The van der Waals surface area contributed by atoms with Crippen molar-refractivity contribution in [1.29, 1.82) is 0 Å². The Morgan fingerprint density at radius 1 is 0.947 bits per heavy atom. The Morgan fingerprint density at radius 2 is 1.63 bits per heavy atom. The van der Waals surface area contributed by atoms with E-state index in [4.69, 9.17) is 23.9 Å². The highest BCUT2D eigenvalue weighted by Gasteiger charge is 2.27. The van der Waals surface area contributed by atoms with Crippen LogP contribution in [-0.2, 0) is 14.2 Å². The first-order valence-electron chi connectivity index (χ1n) is 13.1. The number of morpholine rings is 2. The number of benzene rings is 1. The fraction of sp³-hybridized carbons (Fsp3) is 0.538. The molecule has 12 heteroatoms. The molecular formula is C26H36N6O6. The average molecular weight is 529 g/mol. The van der Waals surface area contributed by atoms with Crippen LogP contribution < -0.4 is 20.3 Å². The van der Waals surface area contributed by atoms with Crippen LogP contribution in [0.15, 0.2) is 24.3 Å². The van der Waals surface area contributed by atoms with Gasteiger partial charge in [-0.15, -0.1) is 0 Å². The molecule has 206 valence electrons. The van der Waals surface area contributed by atoms with E-state index in [1.165, 1.54) is 0 Å². The molecule has 0 spiro atoms. The molecule has 0 unspecified atom stereocenters. The fourth-order valence-corrected chi connectivity index (χ4v) is 4.20. The summed E-state index contributed by atoms with van der Waals surface area (Å²) in [6.45, 7) is 11.0. The van der Waals surface area contributed by atoms with Crippen LogP contribution in [0.2, 0.25) is 0 Å². The molecule has 2 saturated heterocycles. The summed E-state index contributed by atoms with van der Waals surface area (Å²) in [6.07, 6.45) is 0. The molecule has 0 saturated carbocycles. The number of urea groups is 1. The monoisotopic (exact) mass is 528 g/mol. The number of anilines is 2. The van der Waals surface area contributed by atoms with Crippen LogP contribution in [0.5, 0.6) is 5.75 Å². The molecular weight excluding hydrogens is 492 g/mol. The molecule has 1 aromatic heterocycles. The van der Waals surface area contributed by atoms with Crippen molar-refractivity contribution in [3.8, 4) is 17.1 Å². The smallest absolute Gasteiger partial charge is 0.361 e. The van der Waals surface area contributed by atoms with Crippen molar-refractivity contribution in [3.63, 3.8) is 0 Å². The molecule has 2 fully saturated rings. The van der Waals surface area contributed by atoms with Crippen molar-refractivity contribution >= 4 is 23.5 Å². The van der Waals surface area contributed by atoms with Crippen LogP contribution in [0.3, 0.4) is 0 Å². The zero-order valence-electron chi connectivity index (χ0n) is 22.0. The van der Waals surface area contributed by atoms with Crippen LogP contribution in [0, 0.1) is 0 Å². The van der Waals surface area contributed by atoms with Gasteiger partial charge in [-0.2, -0.15) is 0 Å². The molecule has 1 aromatic carbocycles. The van der Waals surface area contributed by atoms with E-state index < -0.39 is 5.97 Å². The van der Waals surface area contributed by atoms with Crippen LogP contribution in [0.1, 0.15) is 24.3 Å². The van der Waals surface area contributed by atoms with Crippen LogP contribution >= 0.6 is 0 Å². The van der Waals surface area contributed by atoms with E-state index >= 15 is 0 Å². The summed E-state index contributed by atoms with van der Waals surface area (Å²) >= 11 is 0. The van der Waals surface area contributed by atoms with Crippen LogP contribution in [-0.4, -0.2) is 106 Å². The molecule has 0 radical (unpaired) electrons. The second-order valence-corrected chi connectivity index (χ2v) is 8.71. The third-order valence-electron chi connectivity index (χ3n) is 6.13. The van der Waals surface area contributed by atoms with E-state index in [0.29, 0.717) is 68.1 Å². The summed E-state index contributed by atoms with van der Waals surface area (Å²) in [5.41, 5.74) is 1.40. The number of esters is 1. The number of nitrogens with zero attached hydrogens (tertiary/aromatic N) is 4. The van der Waals surface area contributed by atoms with Gasteiger partial charge in [0.05, 0.1) is 39.6 Å². The molecule has 0 atom stereocenters. The number of ether oxygens (including phenoxy) is 4. The zero-order chi connectivity index (χ0) is 26.7. The Morgan fingerprint density at radius 3 is 2.29 bits per heavy atom. The molecule has 3 heterocycles. The van der Waals surface area contributed by atoms with Gasteiger partial charge in [-0.05, 0) is 38.1 Å². The predicted molar refractivity (Wildman–Crippen MR) is 142 cm³/mol. The summed E-state index contributed by atoms with van der Waals surface area (Å²) in [5, 5.41) is 5.72. The lowest BCUT2D eigenvalue weighted by molar-refractivity contribution is 0.0388. The second kappa shape index (κ2) is 13.9. The first-order chi connectivity index (χ1) is 18.6. The minimum Gasteiger partial charge on any atom is -0.488 e. The summed E-state index contributed by atoms with van der Waals surface area (Å²) in [6, 6.07) is 6.88. The van der Waals surface area contributed by atoms with Gasteiger partial charge in [-0.25, -0.2) is 19.6 Å². The number of nitrogens with one attached hydrogen (secondary N) is 2. The lowest BCUT2D eigenvalue weighted by Crippen LogP contribution is -2.42. The van der Waals surface area contributed by atoms with Crippen molar-refractivity contribution < 1.29 is 28.5 Å². The van der Waals surface area contributed by atoms with Gasteiger partial charge in [0, 0.05) is 50.5 Å². The minimum absolute atomic E-state index is 0.0852. The highest BCUT2D eigenvalue weighted by molar-refractivity contribution is 5.93. The highest BCUT2D eigenvalue weighted by atomic mass is 16.5. The van der Waals surface area contributed by atoms with Crippen molar-refractivity contribution in [2.24, 2.45) is 0 Å². The first kappa shape index (κ1) is 27.6. The Hall–Kier alpha value is -3.48. The largest absolute Gasteiger partial charge is 0.488 e. The standard InChI is InChI=1S/C26H36N6O6/c1-3-37-22-21(25(33)38-4-2)29-23(30-24(22)32-13-17-36-18-14-32)19-5-7-20(8-6-19)28-26(34)27-9-10-31-11-15-35-16-12-31/h5-8H,3-4,9-18H2,1-2H3,(H2,27,28,34). The second-order valence-electron chi connectivity index (χ2n) is 8.71. The average Bonchev–Trinajstić information content (AvgIpc) is 2.95. The summed E-state index contributed by atoms with van der Waals surface area (Å²) in [7, 11) is 0. The highest BCUT2D eigenvalue weighted by Crippen LogP contribution is 2.33. The number of aromatic nitrogens is 2. The van der Waals surface area contributed by atoms with E-state index in [-0.39, 0.29) is 18.3 Å². The van der Waals surface area contributed by atoms with Crippen molar-refractivity contribution in [2.45, 2.75) is 13.8 Å². The topological polar surface area (TPSA) is 127 Å². The van der Waals surface area contributed by atoms with Gasteiger partial charge in [0.25, 0.3) is 0 Å². The van der Waals surface area contributed by atoms with E-state index in [2.05, 4.69) is 20.5 Å². The quantitative estimate of drug-likeness (QED) is 0.442. The van der Waals surface area contributed by atoms with E-state index in [0.717, 1.165) is 32.8 Å². The van der Waals surface area contributed by atoms with Gasteiger partial charge in [-0.3, -0.25) is 4.90 Å². The number of rotatable bonds is 10. The van der Waals surface area contributed by atoms with E-state index in [1.54, 1.807) is 31.2 Å². The molecule has 2 aliphatic heterocycles. The van der Waals surface area contributed by atoms with Crippen LogP contribution in [0.25, 0.3) is 11.4 Å². The maximum Gasteiger partial charge on any atom is 0.361 e. The molecule has 0 aliphatic carbocycles. The van der Waals surface area contributed by atoms with Gasteiger partial charge in [0.15, 0.2) is 23.1 Å². The van der Waals surface area contributed by atoms with Crippen molar-refractivity contribution in [3.05, 3.63) is 30.0 Å². The molecule has 12 nitrogen and oxygen atoms in total. The van der Waals surface area contributed by atoms with Gasteiger partial charge >= 0.3 is 12.0 Å². The first-order valence-corrected chi connectivity index (χ1v) is 13.1. The third-order valence-corrected chi connectivity index (χ3v) is 6.13. The SMILES string of the molecule is CCOC(=O)c1nc(-c2ccc(NC(=O)NCCN3CCOCC3)cc2)nc(N2CCOCC2)c1OCC. The van der Waals surface area contributed by atoms with E-state index in [1.807, 2.05) is 11.8 Å². The van der Waals surface area contributed by atoms with Crippen LogP contribution in [0.4, 0.5) is 16.3 Å². The third kappa shape index (κ3) is 7.30. The minimum atomic E-state index is -0.568. The number of hydrogen-bond acceptors (Lipinski definition) is 10. The zero-order valence-corrected chi connectivity index (χ0v) is 22.0.